The Balaban J connectivity index is 1.79. The van der Waals surface area contributed by atoms with E-state index in [1.807, 2.05) is 12.1 Å². The highest BCUT2D eigenvalue weighted by molar-refractivity contribution is 8.18. The summed E-state index contributed by atoms with van der Waals surface area (Å²) in [6.45, 7) is 0.0254. The van der Waals surface area contributed by atoms with Crippen molar-refractivity contribution in [3.05, 3.63) is 76.3 Å². The third kappa shape index (κ3) is 3.43. The molecule has 2 heterocycles. The van der Waals surface area contributed by atoms with Crippen LogP contribution in [0.3, 0.4) is 0 Å². The van der Waals surface area contributed by atoms with Crippen LogP contribution >= 0.6 is 11.8 Å². The van der Waals surface area contributed by atoms with E-state index in [2.05, 4.69) is 5.32 Å². The number of carbonyl (C=O) groups excluding carboxylic acids is 2. The Bertz CT molecular complexity index is 1130. The molecular formula is C20H13F3N2O2S. The third-order valence-corrected chi connectivity index (χ3v) is 5.22. The first-order valence-corrected chi connectivity index (χ1v) is 9.12. The van der Waals surface area contributed by atoms with Gasteiger partial charge in [0.15, 0.2) is 0 Å². The number of hydrogen-bond donors (Lipinski definition) is 1. The van der Waals surface area contributed by atoms with Gasteiger partial charge in [-0.05, 0) is 35.5 Å². The monoisotopic (exact) mass is 402 g/mol. The van der Waals surface area contributed by atoms with Crippen molar-refractivity contribution < 1.29 is 22.8 Å². The van der Waals surface area contributed by atoms with E-state index in [0.717, 1.165) is 28.7 Å². The van der Waals surface area contributed by atoms with E-state index in [-0.39, 0.29) is 17.0 Å². The molecule has 1 N–H and O–H groups in total. The number of para-hydroxylation sites is 1. The largest absolute Gasteiger partial charge is 0.416 e. The third-order valence-electron chi connectivity index (χ3n) is 4.41. The van der Waals surface area contributed by atoms with Crippen LogP contribution in [-0.2, 0) is 17.5 Å². The Hall–Kier alpha value is -3.00. The van der Waals surface area contributed by atoms with E-state index in [1.165, 1.54) is 12.1 Å². The number of nitrogens with zero attached hydrogens (tertiary/aromatic N) is 1. The standard InChI is InChI=1S/C20H13F3N2O2S/c21-20(22,23)15-7-3-1-5-12(15)10-25-11-13(14-6-2-4-8-16(14)25)9-17-18(26)24-19(27)28-17/h1-9,11H,10H2,(H,24,26,27)/b17-9-. The zero-order valence-corrected chi connectivity index (χ0v) is 15.1. The van der Waals surface area contributed by atoms with Crippen LogP contribution in [0.5, 0.6) is 0 Å². The number of carbonyl (C=O) groups is 2. The van der Waals surface area contributed by atoms with E-state index in [9.17, 15) is 22.8 Å². The first-order valence-electron chi connectivity index (χ1n) is 8.31. The minimum Gasteiger partial charge on any atom is -0.342 e. The Morgan fingerprint density at radius 3 is 2.46 bits per heavy atom. The minimum absolute atomic E-state index is 0.0254. The number of alkyl halides is 3. The van der Waals surface area contributed by atoms with Crippen molar-refractivity contribution in [1.29, 1.82) is 0 Å². The van der Waals surface area contributed by atoms with Gasteiger partial charge in [0.1, 0.15) is 0 Å². The molecule has 3 aromatic rings. The average Bonchev–Trinajstić information content (AvgIpc) is 3.15. The highest BCUT2D eigenvalue weighted by atomic mass is 32.2. The highest BCUT2D eigenvalue weighted by Gasteiger charge is 2.33. The van der Waals surface area contributed by atoms with Gasteiger partial charge in [-0.15, -0.1) is 0 Å². The lowest BCUT2D eigenvalue weighted by Gasteiger charge is -2.13. The molecule has 4 rings (SSSR count). The smallest absolute Gasteiger partial charge is 0.342 e. The zero-order chi connectivity index (χ0) is 19.9. The van der Waals surface area contributed by atoms with Crippen molar-refractivity contribution in [1.82, 2.24) is 9.88 Å². The molecule has 1 aliphatic rings. The van der Waals surface area contributed by atoms with Gasteiger partial charge in [0.25, 0.3) is 11.1 Å². The number of imide groups is 1. The lowest BCUT2D eigenvalue weighted by Crippen LogP contribution is -2.17. The zero-order valence-electron chi connectivity index (χ0n) is 14.3. The molecule has 1 saturated heterocycles. The molecule has 0 unspecified atom stereocenters. The lowest BCUT2D eigenvalue weighted by atomic mass is 10.1. The summed E-state index contributed by atoms with van der Waals surface area (Å²) >= 11 is 0.800. The molecule has 0 saturated carbocycles. The number of fused-ring (bicyclic) bond motifs is 1. The van der Waals surface area contributed by atoms with Crippen molar-refractivity contribution in [3.63, 3.8) is 0 Å². The number of benzene rings is 2. The van der Waals surface area contributed by atoms with Crippen LogP contribution in [0.4, 0.5) is 18.0 Å². The predicted molar refractivity (Wildman–Crippen MR) is 102 cm³/mol. The lowest BCUT2D eigenvalue weighted by molar-refractivity contribution is -0.138. The van der Waals surface area contributed by atoms with Crippen molar-refractivity contribution in [2.45, 2.75) is 12.7 Å². The van der Waals surface area contributed by atoms with Crippen LogP contribution in [0.2, 0.25) is 0 Å². The Morgan fingerprint density at radius 2 is 1.75 bits per heavy atom. The van der Waals surface area contributed by atoms with Crippen LogP contribution in [0.15, 0.2) is 59.6 Å². The average molecular weight is 402 g/mol. The summed E-state index contributed by atoms with van der Waals surface area (Å²) in [7, 11) is 0. The molecule has 4 nitrogen and oxygen atoms in total. The number of aromatic nitrogens is 1. The maximum Gasteiger partial charge on any atom is 0.416 e. The van der Waals surface area contributed by atoms with Crippen LogP contribution < -0.4 is 5.32 Å². The maximum atomic E-state index is 13.3. The van der Waals surface area contributed by atoms with Gasteiger partial charge in [0.2, 0.25) is 0 Å². The summed E-state index contributed by atoms with van der Waals surface area (Å²) in [5, 5.41) is 2.53. The molecular weight excluding hydrogens is 389 g/mol. The number of rotatable bonds is 3. The number of hydrogen-bond acceptors (Lipinski definition) is 3. The number of nitrogens with one attached hydrogen (secondary N) is 1. The van der Waals surface area contributed by atoms with E-state index >= 15 is 0 Å². The SMILES string of the molecule is O=C1NC(=O)/C(=C/c2cn(Cc3ccccc3C(F)(F)F)c3ccccc23)S1. The second-order valence-corrected chi connectivity index (χ2v) is 7.25. The molecule has 2 amide bonds. The van der Waals surface area contributed by atoms with E-state index in [0.29, 0.717) is 5.56 Å². The van der Waals surface area contributed by atoms with E-state index in [1.54, 1.807) is 35.0 Å². The first-order chi connectivity index (χ1) is 13.3. The molecule has 0 bridgehead atoms. The molecule has 0 spiro atoms. The quantitative estimate of drug-likeness (QED) is 0.625. The van der Waals surface area contributed by atoms with Crippen molar-refractivity contribution in [2.24, 2.45) is 0 Å². The molecule has 28 heavy (non-hydrogen) atoms. The van der Waals surface area contributed by atoms with Gasteiger partial charge in [-0.2, -0.15) is 13.2 Å². The molecule has 0 atom stereocenters. The fraction of sp³-hybridized carbons (Fsp3) is 0.100. The van der Waals surface area contributed by atoms with Gasteiger partial charge < -0.3 is 4.57 Å². The fourth-order valence-corrected chi connectivity index (χ4v) is 3.87. The summed E-state index contributed by atoms with van der Waals surface area (Å²) < 4.78 is 41.7. The van der Waals surface area contributed by atoms with Gasteiger partial charge in [0, 0.05) is 29.2 Å². The number of thioether (sulfide) groups is 1. The van der Waals surface area contributed by atoms with Gasteiger partial charge in [-0.1, -0.05) is 36.4 Å². The van der Waals surface area contributed by atoms with Gasteiger partial charge in [0.05, 0.1) is 10.5 Å². The highest BCUT2D eigenvalue weighted by Crippen LogP contribution is 2.34. The fourth-order valence-electron chi connectivity index (χ4n) is 3.20. The summed E-state index contributed by atoms with van der Waals surface area (Å²) in [6.07, 6.45) is -1.16. The Kier molecular flexibility index (Phi) is 4.50. The van der Waals surface area contributed by atoms with Gasteiger partial charge in [-0.3, -0.25) is 14.9 Å². The molecule has 8 heteroatoms. The molecule has 0 aliphatic carbocycles. The summed E-state index contributed by atoms with van der Waals surface area (Å²) in [4.78, 5) is 23.5. The van der Waals surface area contributed by atoms with Gasteiger partial charge in [-0.25, -0.2) is 0 Å². The van der Waals surface area contributed by atoms with Crippen molar-refractivity contribution in [3.8, 4) is 0 Å². The van der Waals surface area contributed by atoms with Gasteiger partial charge >= 0.3 is 6.18 Å². The Labute approximate surface area is 162 Å². The van der Waals surface area contributed by atoms with Crippen molar-refractivity contribution in [2.75, 3.05) is 0 Å². The second-order valence-electron chi connectivity index (χ2n) is 6.24. The number of amides is 2. The normalized spacial score (nSPS) is 16.2. The molecule has 142 valence electrons. The summed E-state index contributed by atoms with van der Waals surface area (Å²) in [5.74, 6) is -0.478. The number of halogens is 3. The Morgan fingerprint density at radius 1 is 1.04 bits per heavy atom. The molecule has 0 radical (unpaired) electrons. The van der Waals surface area contributed by atoms with Crippen LogP contribution in [0.1, 0.15) is 16.7 Å². The second kappa shape index (κ2) is 6.87. The van der Waals surface area contributed by atoms with E-state index < -0.39 is 22.9 Å². The first kappa shape index (κ1) is 18.4. The molecule has 1 aromatic heterocycles. The van der Waals surface area contributed by atoms with E-state index in [4.69, 9.17) is 0 Å². The topological polar surface area (TPSA) is 51.1 Å². The summed E-state index contributed by atoms with van der Waals surface area (Å²) in [6, 6.07) is 12.7. The van der Waals surface area contributed by atoms with Crippen LogP contribution in [0.25, 0.3) is 17.0 Å². The van der Waals surface area contributed by atoms with Crippen LogP contribution in [0, 0.1) is 0 Å². The molecule has 2 aromatic carbocycles. The molecule has 1 aliphatic heterocycles. The minimum atomic E-state index is -4.44. The predicted octanol–water partition coefficient (Wildman–Crippen LogP) is 5.03. The van der Waals surface area contributed by atoms with Crippen LogP contribution in [-0.4, -0.2) is 15.7 Å². The molecule has 1 fully saturated rings. The maximum absolute atomic E-state index is 13.3. The van der Waals surface area contributed by atoms with Crippen molar-refractivity contribution >= 4 is 39.9 Å². The summed E-state index contributed by atoms with van der Waals surface area (Å²) in [5.41, 5.74) is 0.871.